The maximum absolute atomic E-state index is 7.21. The molecule has 1 aromatic heterocycles. The molecule has 0 saturated heterocycles. The highest BCUT2D eigenvalue weighted by atomic mass is 28.4. The van der Waals surface area contributed by atoms with Crippen molar-refractivity contribution in [1.29, 1.82) is 0 Å². The van der Waals surface area contributed by atoms with E-state index >= 15 is 0 Å². The van der Waals surface area contributed by atoms with Gasteiger partial charge in [-0.1, -0.05) is 95.5 Å². The molecule has 0 bridgehead atoms. The Morgan fingerprint density at radius 3 is 2.19 bits per heavy atom. The number of nitrogens with two attached hydrogens (primary N) is 1. The van der Waals surface area contributed by atoms with Crippen LogP contribution in [0, 0.1) is 0 Å². The molecule has 3 aromatic rings. The molecule has 4 heteroatoms. The fraction of sp³-hybridized carbons (Fsp3) is 0.500. The van der Waals surface area contributed by atoms with Gasteiger partial charge in [0.05, 0.1) is 6.10 Å². The van der Waals surface area contributed by atoms with Crippen LogP contribution in [0.15, 0.2) is 60.8 Å². The van der Waals surface area contributed by atoms with Crippen LogP contribution in [0.2, 0.25) is 18.1 Å². The minimum Gasteiger partial charge on any atom is -0.408 e. The number of para-hydroxylation sites is 1. The molecule has 0 unspecified atom stereocenters. The molecule has 0 fully saturated rings. The second kappa shape index (κ2) is 11.8. The first-order chi connectivity index (χ1) is 15.6. The van der Waals surface area contributed by atoms with E-state index in [0.717, 1.165) is 24.6 Å². The van der Waals surface area contributed by atoms with Crippen LogP contribution in [-0.4, -0.2) is 19.3 Å². The van der Waals surface area contributed by atoms with Crippen LogP contribution >= 0.6 is 0 Å². The van der Waals surface area contributed by atoms with Gasteiger partial charge in [-0.25, -0.2) is 0 Å². The molecule has 0 radical (unpaired) electrons. The van der Waals surface area contributed by atoms with E-state index in [-0.39, 0.29) is 18.1 Å². The number of H-pyrrole nitrogens is 1. The predicted molar refractivity (Wildman–Crippen MR) is 141 cm³/mol. The number of hydrogen-bond donors (Lipinski definition) is 2. The van der Waals surface area contributed by atoms with Crippen LogP contribution < -0.4 is 5.73 Å². The molecule has 0 saturated carbocycles. The van der Waals surface area contributed by atoms with Crippen molar-refractivity contribution in [2.75, 3.05) is 0 Å². The lowest BCUT2D eigenvalue weighted by molar-refractivity contribution is 0.143. The van der Waals surface area contributed by atoms with Crippen LogP contribution in [-0.2, 0) is 4.43 Å². The average molecular weight is 451 g/mol. The van der Waals surface area contributed by atoms with Crippen molar-refractivity contribution in [3.8, 4) is 0 Å². The molecule has 2 aromatic carbocycles. The van der Waals surface area contributed by atoms with Gasteiger partial charge in [-0.15, -0.1) is 0 Å². The second-order valence-corrected chi connectivity index (χ2v) is 13.9. The first-order valence-corrected chi connectivity index (χ1v) is 15.2. The van der Waals surface area contributed by atoms with Gasteiger partial charge < -0.3 is 15.1 Å². The van der Waals surface area contributed by atoms with Crippen molar-refractivity contribution < 1.29 is 4.43 Å². The maximum Gasteiger partial charge on any atom is 0.192 e. The van der Waals surface area contributed by atoms with Crippen LogP contribution in [0.3, 0.4) is 0 Å². The first kappa shape index (κ1) is 24.8. The zero-order valence-corrected chi connectivity index (χ0v) is 21.4. The van der Waals surface area contributed by atoms with E-state index < -0.39 is 8.32 Å². The summed E-state index contributed by atoms with van der Waals surface area (Å²) in [5.74, 6) is 0.250. The average Bonchev–Trinajstić information content (AvgIpc) is 3.27. The van der Waals surface area contributed by atoms with Crippen molar-refractivity contribution in [2.24, 2.45) is 5.73 Å². The summed E-state index contributed by atoms with van der Waals surface area (Å²) in [4.78, 5) is 3.49. The van der Waals surface area contributed by atoms with Gasteiger partial charge in [-0.05, 0) is 41.7 Å². The number of rotatable bonds is 13. The van der Waals surface area contributed by atoms with Crippen LogP contribution in [0.5, 0.6) is 0 Å². The third-order valence-electron chi connectivity index (χ3n) is 7.39. The fourth-order valence-electron chi connectivity index (χ4n) is 5.06. The highest BCUT2D eigenvalue weighted by molar-refractivity contribution is 6.73. The van der Waals surface area contributed by atoms with E-state index in [1.54, 1.807) is 0 Å². The molecule has 3 rings (SSSR count). The molecule has 0 aliphatic rings. The van der Waals surface area contributed by atoms with Gasteiger partial charge in [0.25, 0.3) is 0 Å². The van der Waals surface area contributed by atoms with Crippen molar-refractivity contribution >= 4 is 19.2 Å². The van der Waals surface area contributed by atoms with E-state index in [2.05, 4.69) is 93.5 Å². The van der Waals surface area contributed by atoms with Gasteiger partial charge in [0.15, 0.2) is 8.32 Å². The van der Waals surface area contributed by atoms with Gasteiger partial charge in [0.2, 0.25) is 0 Å². The summed E-state index contributed by atoms with van der Waals surface area (Å²) in [6.07, 6.45) is 6.83. The lowest BCUT2D eigenvalue weighted by Crippen LogP contribution is -2.44. The van der Waals surface area contributed by atoms with E-state index in [4.69, 9.17) is 10.2 Å². The van der Waals surface area contributed by atoms with Gasteiger partial charge in [0, 0.05) is 29.1 Å². The molecule has 0 spiro atoms. The molecule has 0 aliphatic heterocycles. The summed E-state index contributed by atoms with van der Waals surface area (Å²) < 4.78 is 7.13. The summed E-state index contributed by atoms with van der Waals surface area (Å²) in [6.45, 7) is 9.15. The number of aromatic amines is 1. The number of nitrogens with one attached hydrogen (secondary N) is 1. The molecular weight excluding hydrogens is 408 g/mol. The Hall–Kier alpha value is -1.88. The Morgan fingerprint density at radius 1 is 0.875 bits per heavy atom. The minimum atomic E-state index is -1.84. The van der Waals surface area contributed by atoms with Gasteiger partial charge >= 0.3 is 0 Å². The molecule has 174 valence electrons. The summed E-state index contributed by atoms with van der Waals surface area (Å²) in [5, 5.41) is 1.29. The van der Waals surface area contributed by atoms with E-state index in [1.165, 1.54) is 41.3 Å². The van der Waals surface area contributed by atoms with Gasteiger partial charge in [-0.2, -0.15) is 0 Å². The molecule has 32 heavy (non-hydrogen) atoms. The third kappa shape index (κ3) is 5.54. The van der Waals surface area contributed by atoms with Crippen molar-refractivity contribution in [2.45, 2.75) is 89.6 Å². The number of aromatic nitrogens is 1. The molecule has 0 amide bonds. The van der Waals surface area contributed by atoms with Crippen LogP contribution in [0.25, 0.3) is 10.9 Å². The number of benzene rings is 2. The quantitative estimate of drug-likeness (QED) is 0.205. The molecular formula is C28H42N2OSi. The molecule has 3 nitrogen and oxygen atoms in total. The van der Waals surface area contributed by atoms with Crippen LogP contribution in [0.1, 0.15) is 76.5 Å². The maximum atomic E-state index is 7.21. The standard InChI is InChI=1S/C28H42N2OSi/c1-5-9-11-19-24(25-21-30-26-20-15-14-18-23(25)26)27(29)28(22-16-12-10-13-17-22)31-32(6-2,7-3)8-4/h10,12-18,20-21,24,27-28,30H,5-9,11,19,29H2,1-4H3/t24-,27+,28+/m1/s1. The lowest BCUT2D eigenvalue weighted by atomic mass is 9.82. The second-order valence-electron chi connectivity index (χ2n) is 9.16. The number of fused-ring (bicyclic) bond motifs is 1. The van der Waals surface area contributed by atoms with E-state index in [1.807, 2.05) is 0 Å². The Morgan fingerprint density at radius 2 is 1.53 bits per heavy atom. The van der Waals surface area contributed by atoms with Gasteiger partial charge in [-0.3, -0.25) is 0 Å². The highest BCUT2D eigenvalue weighted by Crippen LogP contribution is 2.39. The number of unbranched alkanes of at least 4 members (excludes halogenated alkanes) is 2. The summed E-state index contributed by atoms with van der Waals surface area (Å²) in [6, 6.07) is 22.6. The third-order valence-corrected chi connectivity index (χ3v) is 12.0. The monoisotopic (exact) mass is 450 g/mol. The Balaban J connectivity index is 2.03. The highest BCUT2D eigenvalue weighted by Gasteiger charge is 2.38. The van der Waals surface area contributed by atoms with Crippen LogP contribution in [0.4, 0.5) is 0 Å². The normalized spacial score (nSPS) is 15.0. The smallest absolute Gasteiger partial charge is 0.192 e. The molecule has 0 aliphatic carbocycles. The Labute approximate surface area is 195 Å². The van der Waals surface area contributed by atoms with Gasteiger partial charge in [0.1, 0.15) is 0 Å². The van der Waals surface area contributed by atoms with Crippen molar-refractivity contribution in [3.05, 3.63) is 71.9 Å². The largest absolute Gasteiger partial charge is 0.408 e. The Bertz CT molecular complexity index is 927. The molecule has 3 atom stereocenters. The van der Waals surface area contributed by atoms with Crippen molar-refractivity contribution in [3.63, 3.8) is 0 Å². The Kier molecular flexibility index (Phi) is 9.15. The number of hydrogen-bond acceptors (Lipinski definition) is 2. The topological polar surface area (TPSA) is 51.0 Å². The first-order valence-electron chi connectivity index (χ1n) is 12.6. The summed E-state index contributed by atoms with van der Waals surface area (Å²) in [5.41, 5.74) is 11.0. The molecule has 1 heterocycles. The summed E-state index contributed by atoms with van der Waals surface area (Å²) >= 11 is 0. The zero-order chi connectivity index (χ0) is 23.0. The SMILES string of the molecule is CCCCC[C@H](c1c[nH]c2ccccc12)[C@H](N)[C@@H](O[Si](CC)(CC)CC)c1ccccc1. The van der Waals surface area contributed by atoms with Crippen molar-refractivity contribution in [1.82, 2.24) is 4.98 Å². The van der Waals surface area contributed by atoms with E-state index in [0.29, 0.717) is 0 Å². The predicted octanol–water partition coefficient (Wildman–Crippen LogP) is 7.92. The fourth-order valence-corrected chi connectivity index (χ4v) is 7.89. The minimum absolute atomic E-state index is 0.0806. The lowest BCUT2D eigenvalue weighted by Gasteiger charge is -2.39. The zero-order valence-electron chi connectivity index (χ0n) is 20.4. The summed E-state index contributed by atoms with van der Waals surface area (Å²) in [7, 11) is -1.84. The van der Waals surface area contributed by atoms with E-state index in [9.17, 15) is 0 Å². The molecule has 3 N–H and O–H groups in total.